The van der Waals surface area contributed by atoms with Gasteiger partial charge in [0, 0.05) is 53.6 Å². The molecule has 0 bridgehead atoms. The summed E-state index contributed by atoms with van der Waals surface area (Å²) in [7, 11) is 4.41. The molecule has 0 N–H and O–H groups in total. The van der Waals surface area contributed by atoms with Gasteiger partial charge in [-0.1, -0.05) is 107 Å². The number of anilines is 2. The lowest BCUT2D eigenvalue weighted by molar-refractivity contribution is 0.627. The average Bonchev–Trinajstić information content (AvgIpc) is 3.13. The highest BCUT2D eigenvalue weighted by molar-refractivity contribution is 5.72. The van der Waals surface area contributed by atoms with Gasteiger partial charge in [-0.2, -0.15) is 0 Å². The predicted octanol–water partition coefficient (Wildman–Crippen LogP) is 7.39. The van der Waals surface area contributed by atoms with E-state index >= 15 is 0 Å². The van der Waals surface area contributed by atoms with Crippen LogP contribution >= 0.6 is 0 Å². The second-order valence-electron chi connectivity index (χ2n) is 10.4. The lowest BCUT2D eigenvalue weighted by Gasteiger charge is -2.28. The smallest absolute Gasteiger partial charge is 0.0447 e. The Balaban J connectivity index is 1.66. The summed E-state index contributed by atoms with van der Waals surface area (Å²) in [6.45, 7) is 9.38. The van der Waals surface area contributed by atoms with Crippen LogP contribution in [0.2, 0.25) is 0 Å². The summed E-state index contributed by atoms with van der Waals surface area (Å²) < 4.78 is 0. The van der Waals surface area contributed by atoms with E-state index in [1.807, 2.05) is 0 Å². The van der Waals surface area contributed by atoms with Gasteiger partial charge >= 0.3 is 0 Å². The molecule has 2 nitrogen and oxygen atoms in total. The first-order chi connectivity index (χ1) is 15.7. The second kappa shape index (κ2) is 7.66. The minimum absolute atomic E-state index is 0.0447. The maximum Gasteiger partial charge on any atom is 0.0447 e. The van der Waals surface area contributed by atoms with Crippen molar-refractivity contribution in [2.75, 3.05) is 23.9 Å². The van der Waals surface area contributed by atoms with Gasteiger partial charge in [0.2, 0.25) is 0 Å². The average molecular weight is 435 g/mol. The van der Waals surface area contributed by atoms with Crippen molar-refractivity contribution in [1.29, 1.82) is 0 Å². The highest BCUT2D eigenvalue weighted by Crippen LogP contribution is 2.50. The standard InChI is InChI=1S/C31H34N2/c1-30(2)24-16-10-12-18-26(24)32(5)28(30)20-23(22-14-8-7-9-15-22)21-29-31(3,4)25-17-11-13-19-27(25)33(29)6/h7-21,23H,1-6H3. The highest BCUT2D eigenvalue weighted by Gasteiger charge is 2.40. The molecule has 0 aromatic heterocycles. The number of hydrogen-bond acceptors (Lipinski definition) is 2. The SMILES string of the molecule is CN1C(=CC(C=C2N(C)c3ccccc3C2(C)C)c2ccccc2)C(C)(C)c2ccccc21. The molecule has 3 aromatic carbocycles. The van der Waals surface area contributed by atoms with Gasteiger partial charge in [0.05, 0.1) is 0 Å². The number of para-hydroxylation sites is 2. The molecule has 33 heavy (non-hydrogen) atoms. The Kier molecular flexibility index (Phi) is 5.01. The van der Waals surface area contributed by atoms with Crippen LogP contribution in [0.25, 0.3) is 0 Å². The zero-order valence-corrected chi connectivity index (χ0v) is 20.6. The van der Waals surface area contributed by atoms with E-state index in [9.17, 15) is 0 Å². The molecular formula is C31H34N2. The van der Waals surface area contributed by atoms with Crippen LogP contribution < -0.4 is 9.80 Å². The van der Waals surface area contributed by atoms with E-state index in [0.29, 0.717) is 0 Å². The number of benzene rings is 3. The van der Waals surface area contributed by atoms with Crippen LogP contribution in [0.1, 0.15) is 50.3 Å². The first-order valence-electron chi connectivity index (χ1n) is 11.9. The van der Waals surface area contributed by atoms with Crippen molar-refractivity contribution in [1.82, 2.24) is 0 Å². The molecule has 0 unspecified atom stereocenters. The Bertz CT molecular complexity index is 1170. The van der Waals surface area contributed by atoms with E-state index in [2.05, 4.69) is 143 Å². The number of nitrogens with zero attached hydrogens (tertiary/aromatic N) is 2. The van der Waals surface area contributed by atoms with Crippen molar-refractivity contribution < 1.29 is 0 Å². The maximum atomic E-state index is 2.48. The third kappa shape index (κ3) is 3.31. The fourth-order valence-corrected chi connectivity index (χ4v) is 5.86. The van der Waals surface area contributed by atoms with Crippen LogP contribution in [-0.2, 0) is 10.8 Å². The number of allylic oxidation sites excluding steroid dienone is 4. The molecule has 2 aliphatic rings. The molecule has 5 rings (SSSR count). The van der Waals surface area contributed by atoms with E-state index in [-0.39, 0.29) is 16.7 Å². The quantitative estimate of drug-likeness (QED) is 0.424. The minimum Gasteiger partial charge on any atom is -0.347 e. The van der Waals surface area contributed by atoms with Gasteiger partial charge in [0.15, 0.2) is 0 Å². The highest BCUT2D eigenvalue weighted by atomic mass is 15.2. The topological polar surface area (TPSA) is 6.48 Å². The summed E-state index contributed by atoms with van der Waals surface area (Å²) in [6.07, 6.45) is 4.96. The van der Waals surface area contributed by atoms with Crippen LogP contribution in [0.3, 0.4) is 0 Å². The van der Waals surface area contributed by atoms with Gasteiger partial charge in [-0.15, -0.1) is 0 Å². The molecule has 0 spiro atoms. The van der Waals surface area contributed by atoms with Crippen molar-refractivity contribution in [2.24, 2.45) is 0 Å². The van der Waals surface area contributed by atoms with Crippen LogP contribution in [-0.4, -0.2) is 14.1 Å². The molecule has 2 heterocycles. The second-order valence-corrected chi connectivity index (χ2v) is 10.4. The van der Waals surface area contributed by atoms with E-state index in [4.69, 9.17) is 0 Å². The van der Waals surface area contributed by atoms with E-state index in [1.165, 1.54) is 39.5 Å². The number of likely N-dealkylation sites (N-methyl/N-ethyl adjacent to an activating group) is 2. The molecule has 0 amide bonds. The third-order valence-electron chi connectivity index (χ3n) is 7.74. The lowest BCUT2D eigenvalue weighted by atomic mass is 9.80. The molecule has 0 aliphatic carbocycles. The largest absolute Gasteiger partial charge is 0.347 e. The molecule has 2 aliphatic heterocycles. The first-order valence-corrected chi connectivity index (χ1v) is 11.9. The first kappa shape index (κ1) is 21.6. The van der Waals surface area contributed by atoms with Crippen molar-refractivity contribution in [2.45, 2.75) is 44.4 Å². The summed E-state index contributed by atoms with van der Waals surface area (Å²) in [5.41, 5.74) is 9.33. The summed E-state index contributed by atoms with van der Waals surface area (Å²) in [4.78, 5) is 4.75. The van der Waals surface area contributed by atoms with Gasteiger partial charge in [0.1, 0.15) is 0 Å². The number of hydrogen-bond donors (Lipinski definition) is 0. The van der Waals surface area contributed by atoms with Crippen molar-refractivity contribution in [3.8, 4) is 0 Å². The summed E-state index contributed by atoms with van der Waals surface area (Å²) >= 11 is 0. The number of rotatable bonds is 3. The van der Waals surface area contributed by atoms with Crippen molar-refractivity contribution >= 4 is 11.4 Å². The molecule has 0 fully saturated rings. The minimum atomic E-state index is -0.0447. The van der Waals surface area contributed by atoms with Crippen LogP contribution in [0.15, 0.2) is 102 Å². The Morgan fingerprint density at radius 1 is 0.576 bits per heavy atom. The van der Waals surface area contributed by atoms with E-state index in [0.717, 1.165) is 0 Å². The molecule has 3 aromatic rings. The maximum absolute atomic E-state index is 2.48. The van der Waals surface area contributed by atoms with Gasteiger partial charge in [-0.25, -0.2) is 0 Å². The summed E-state index contributed by atoms with van der Waals surface area (Å²) in [5, 5.41) is 0. The fourth-order valence-electron chi connectivity index (χ4n) is 5.86. The molecule has 0 radical (unpaired) electrons. The molecule has 168 valence electrons. The summed E-state index contributed by atoms with van der Waals surface area (Å²) in [5.74, 6) is 0.170. The Hall–Kier alpha value is -3.26. The molecule has 0 saturated heterocycles. The van der Waals surface area contributed by atoms with Gasteiger partial charge in [0.25, 0.3) is 0 Å². The molecular weight excluding hydrogens is 400 g/mol. The normalized spacial score (nSPS) is 21.4. The van der Waals surface area contributed by atoms with Gasteiger partial charge < -0.3 is 9.80 Å². The Morgan fingerprint density at radius 3 is 1.39 bits per heavy atom. The molecule has 0 saturated carbocycles. The van der Waals surface area contributed by atoms with E-state index in [1.54, 1.807) is 0 Å². The van der Waals surface area contributed by atoms with Crippen LogP contribution in [0.5, 0.6) is 0 Å². The predicted molar refractivity (Wildman–Crippen MR) is 141 cm³/mol. The van der Waals surface area contributed by atoms with E-state index < -0.39 is 0 Å². The van der Waals surface area contributed by atoms with Gasteiger partial charge in [-0.05, 0) is 28.8 Å². The monoisotopic (exact) mass is 434 g/mol. The van der Waals surface area contributed by atoms with Crippen LogP contribution in [0, 0.1) is 0 Å². The van der Waals surface area contributed by atoms with Gasteiger partial charge in [-0.3, -0.25) is 0 Å². The Labute approximate surface area is 198 Å². The zero-order valence-electron chi connectivity index (χ0n) is 20.6. The van der Waals surface area contributed by atoms with Crippen molar-refractivity contribution in [3.63, 3.8) is 0 Å². The molecule has 2 heteroatoms. The fraction of sp³-hybridized carbons (Fsp3) is 0.290. The lowest BCUT2D eigenvalue weighted by Crippen LogP contribution is -2.25. The molecule has 0 atom stereocenters. The zero-order chi connectivity index (χ0) is 23.4. The number of fused-ring (bicyclic) bond motifs is 2. The van der Waals surface area contributed by atoms with Crippen molar-refractivity contribution in [3.05, 3.63) is 119 Å². The Morgan fingerprint density at radius 2 is 0.970 bits per heavy atom. The summed E-state index contributed by atoms with van der Waals surface area (Å²) in [6, 6.07) is 28.5. The third-order valence-corrected chi connectivity index (χ3v) is 7.74. The van der Waals surface area contributed by atoms with Crippen LogP contribution in [0.4, 0.5) is 11.4 Å².